The maximum Gasteiger partial charge on any atom is 0.116 e. The van der Waals surface area contributed by atoms with Crippen LogP contribution in [-0.4, -0.2) is 16.5 Å². The van der Waals surface area contributed by atoms with Crippen molar-refractivity contribution in [3.63, 3.8) is 0 Å². The zero-order chi connectivity index (χ0) is 13.9. The molecule has 1 saturated heterocycles. The fourth-order valence-corrected chi connectivity index (χ4v) is 2.89. The largest absolute Gasteiger partial charge is 0.309 e. The van der Waals surface area contributed by atoms with E-state index in [1.54, 1.807) is 6.33 Å². The number of halogens is 2. The average molecular weight is 324 g/mol. The monoisotopic (exact) mass is 323 g/mol. The smallest absolute Gasteiger partial charge is 0.116 e. The van der Waals surface area contributed by atoms with Crippen LogP contribution in [0.3, 0.4) is 0 Å². The standard InChI is InChI=1S/C16H18ClN3.ClH/c1-11-14(9-12-4-6-13(17)7-5-12)16(20-10-19-11)15-3-2-8-18-15;/h4-7,10,15,18H,2-3,8-9H2,1H3;1H/t15-;/m1./s1. The van der Waals surface area contributed by atoms with Crippen LogP contribution in [0.5, 0.6) is 0 Å². The highest BCUT2D eigenvalue weighted by Gasteiger charge is 2.22. The lowest BCUT2D eigenvalue weighted by atomic mass is 9.98. The van der Waals surface area contributed by atoms with Crippen molar-refractivity contribution in [2.45, 2.75) is 32.2 Å². The van der Waals surface area contributed by atoms with Crippen LogP contribution in [-0.2, 0) is 6.42 Å². The summed E-state index contributed by atoms with van der Waals surface area (Å²) in [6, 6.07) is 8.38. The Bertz CT molecular complexity index is 593. The first-order valence-corrected chi connectivity index (χ1v) is 7.40. The third kappa shape index (κ3) is 3.73. The summed E-state index contributed by atoms with van der Waals surface area (Å²) in [7, 11) is 0. The molecule has 0 bridgehead atoms. The van der Waals surface area contributed by atoms with E-state index < -0.39 is 0 Å². The van der Waals surface area contributed by atoms with E-state index in [9.17, 15) is 0 Å². The third-order valence-electron chi connectivity index (χ3n) is 3.88. The highest BCUT2D eigenvalue weighted by atomic mass is 35.5. The Morgan fingerprint density at radius 3 is 2.67 bits per heavy atom. The summed E-state index contributed by atoms with van der Waals surface area (Å²) >= 11 is 5.95. The van der Waals surface area contributed by atoms with Crippen LogP contribution in [0.2, 0.25) is 5.02 Å². The Kier molecular flexibility index (Phi) is 5.57. The number of benzene rings is 1. The lowest BCUT2D eigenvalue weighted by Crippen LogP contribution is -2.17. The lowest BCUT2D eigenvalue weighted by molar-refractivity contribution is 0.616. The molecule has 1 fully saturated rings. The first-order chi connectivity index (χ1) is 9.74. The van der Waals surface area contributed by atoms with Gasteiger partial charge in [-0.05, 0) is 44.0 Å². The molecule has 0 unspecified atom stereocenters. The van der Waals surface area contributed by atoms with Gasteiger partial charge in [0.15, 0.2) is 0 Å². The summed E-state index contributed by atoms with van der Waals surface area (Å²) < 4.78 is 0. The van der Waals surface area contributed by atoms with Crippen molar-refractivity contribution in [2.24, 2.45) is 0 Å². The van der Waals surface area contributed by atoms with Gasteiger partial charge >= 0.3 is 0 Å². The summed E-state index contributed by atoms with van der Waals surface area (Å²) in [5, 5.41) is 4.29. The van der Waals surface area contributed by atoms with Crippen LogP contribution >= 0.6 is 24.0 Å². The second-order valence-electron chi connectivity index (χ2n) is 5.28. The molecule has 3 rings (SSSR count). The fraction of sp³-hybridized carbons (Fsp3) is 0.375. The Hall–Kier alpha value is -1.16. The van der Waals surface area contributed by atoms with Crippen molar-refractivity contribution in [1.82, 2.24) is 15.3 Å². The first kappa shape index (κ1) is 16.2. The predicted molar refractivity (Wildman–Crippen MR) is 88.3 cm³/mol. The Morgan fingerprint density at radius 2 is 2.00 bits per heavy atom. The molecule has 2 heterocycles. The molecule has 1 aliphatic heterocycles. The zero-order valence-electron chi connectivity index (χ0n) is 12.0. The molecule has 0 saturated carbocycles. The molecule has 0 radical (unpaired) electrons. The number of hydrogen-bond donors (Lipinski definition) is 1. The van der Waals surface area contributed by atoms with Gasteiger partial charge in [0, 0.05) is 28.7 Å². The average Bonchev–Trinajstić information content (AvgIpc) is 2.97. The van der Waals surface area contributed by atoms with Crippen LogP contribution in [0, 0.1) is 6.92 Å². The van der Waals surface area contributed by atoms with Gasteiger partial charge in [-0.15, -0.1) is 12.4 Å². The van der Waals surface area contributed by atoms with Crippen LogP contribution in [0.4, 0.5) is 0 Å². The minimum atomic E-state index is 0. The van der Waals surface area contributed by atoms with Crippen molar-refractivity contribution in [3.8, 4) is 0 Å². The molecular formula is C16H19Cl2N3. The molecule has 112 valence electrons. The van der Waals surface area contributed by atoms with Gasteiger partial charge < -0.3 is 5.32 Å². The van der Waals surface area contributed by atoms with Crippen LogP contribution in [0.15, 0.2) is 30.6 Å². The van der Waals surface area contributed by atoms with Gasteiger partial charge in [0.25, 0.3) is 0 Å². The van der Waals surface area contributed by atoms with E-state index in [-0.39, 0.29) is 12.4 Å². The molecule has 0 aliphatic carbocycles. The number of aryl methyl sites for hydroxylation is 1. The number of hydrogen-bond acceptors (Lipinski definition) is 3. The van der Waals surface area contributed by atoms with Crippen molar-refractivity contribution in [2.75, 3.05) is 6.54 Å². The highest BCUT2D eigenvalue weighted by molar-refractivity contribution is 6.30. The molecule has 2 aromatic rings. The van der Waals surface area contributed by atoms with E-state index in [0.717, 1.165) is 35.8 Å². The van der Waals surface area contributed by atoms with Crippen molar-refractivity contribution >= 4 is 24.0 Å². The van der Waals surface area contributed by atoms with Gasteiger partial charge in [-0.1, -0.05) is 23.7 Å². The molecule has 1 N–H and O–H groups in total. The molecular weight excluding hydrogens is 305 g/mol. The Morgan fingerprint density at radius 1 is 1.24 bits per heavy atom. The molecule has 1 atom stereocenters. The van der Waals surface area contributed by atoms with E-state index in [4.69, 9.17) is 11.6 Å². The third-order valence-corrected chi connectivity index (χ3v) is 4.13. The topological polar surface area (TPSA) is 37.8 Å². The van der Waals surface area contributed by atoms with Gasteiger partial charge in [0.1, 0.15) is 6.33 Å². The predicted octanol–water partition coefficient (Wildman–Crippen LogP) is 3.88. The molecule has 3 nitrogen and oxygen atoms in total. The SMILES string of the molecule is Cc1ncnc([C@H]2CCCN2)c1Cc1ccc(Cl)cc1.Cl. The highest BCUT2D eigenvalue weighted by Crippen LogP contribution is 2.27. The van der Waals surface area contributed by atoms with Gasteiger partial charge in [0.05, 0.1) is 5.69 Å². The zero-order valence-corrected chi connectivity index (χ0v) is 13.5. The molecule has 1 aromatic heterocycles. The Balaban J connectivity index is 0.00000161. The summed E-state index contributed by atoms with van der Waals surface area (Å²) in [6.45, 7) is 3.14. The number of aromatic nitrogens is 2. The number of nitrogens with one attached hydrogen (secondary N) is 1. The molecule has 21 heavy (non-hydrogen) atoms. The molecule has 1 aliphatic rings. The maximum absolute atomic E-state index is 5.95. The first-order valence-electron chi connectivity index (χ1n) is 7.02. The second-order valence-corrected chi connectivity index (χ2v) is 5.71. The van der Waals surface area contributed by atoms with Crippen molar-refractivity contribution in [3.05, 3.63) is 58.1 Å². The summed E-state index contributed by atoms with van der Waals surface area (Å²) in [6.07, 6.45) is 4.91. The second kappa shape index (κ2) is 7.21. The summed E-state index contributed by atoms with van der Waals surface area (Å²) in [5.74, 6) is 0. The number of rotatable bonds is 3. The molecule has 1 aromatic carbocycles. The Labute approximate surface area is 136 Å². The minimum absolute atomic E-state index is 0. The van der Waals surface area contributed by atoms with E-state index in [1.807, 2.05) is 12.1 Å². The van der Waals surface area contributed by atoms with Crippen LogP contribution in [0.1, 0.15) is 41.4 Å². The van der Waals surface area contributed by atoms with Gasteiger partial charge in [-0.3, -0.25) is 0 Å². The van der Waals surface area contributed by atoms with Crippen molar-refractivity contribution < 1.29 is 0 Å². The number of nitrogens with zero attached hydrogens (tertiary/aromatic N) is 2. The van der Waals surface area contributed by atoms with Gasteiger partial charge in [-0.2, -0.15) is 0 Å². The van der Waals surface area contributed by atoms with E-state index in [0.29, 0.717) is 6.04 Å². The van der Waals surface area contributed by atoms with Gasteiger partial charge in [-0.25, -0.2) is 9.97 Å². The maximum atomic E-state index is 5.95. The molecule has 0 spiro atoms. The minimum Gasteiger partial charge on any atom is -0.309 e. The van der Waals surface area contributed by atoms with Crippen LogP contribution in [0.25, 0.3) is 0 Å². The quantitative estimate of drug-likeness (QED) is 0.931. The van der Waals surface area contributed by atoms with Gasteiger partial charge in [0.2, 0.25) is 0 Å². The van der Waals surface area contributed by atoms with Crippen LogP contribution < -0.4 is 5.32 Å². The molecule has 0 amide bonds. The fourth-order valence-electron chi connectivity index (χ4n) is 2.76. The summed E-state index contributed by atoms with van der Waals surface area (Å²) in [4.78, 5) is 8.90. The van der Waals surface area contributed by atoms with E-state index in [1.165, 1.54) is 17.5 Å². The molecule has 5 heteroatoms. The summed E-state index contributed by atoms with van der Waals surface area (Å²) in [5.41, 5.74) is 4.71. The van der Waals surface area contributed by atoms with E-state index >= 15 is 0 Å². The van der Waals surface area contributed by atoms with E-state index in [2.05, 4.69) is 34.3 Å². The lowest BCUT2D eigenvalue weighted by Gasteiger charge is -2.16. The normalized spacial score (nSPS) is 17.5. The van der Waals surface area contributed by atoms with Crippen molar-refractivity contribution in [1.29, 1.82) is 0 Å².